The maximum absolute atomic E-state index is 6.11. The van der Waals surface area contributed by atoms with Crippen molar-refractivity contribution in [3.63, 3.8) is 0 Å². The highest BCUT2D eigenvalue weighted by Crippen LogP contribution is 2.32. The molecule has 0 aliphatic carbocycles. The van der Waals surface area contributed by atoms with Crippen molar-refractivity contribution >= 4 is 5.69 Å². The summed E-state index contributed by atoms with van der Waals surface area (Å²) in [6.45, 7) is 1.98. The number of methoxy groups -OCH3 is 2. The molecule has 2 rings (SSSR count). The first-order valence-corrected chi connectivity index (χ1v) is 7.87. The Kier molecular flexibility index (Phi) is 6.29. The highest BCUT2D eigenvalue weighted by molar-refractivity contribution is 5.58. The largest absolute Gasteiger partial charge is 0.493 e. The molecule has 0 spiro atoms. The standard InChI is InChI=1S/C19H26N2O2/c1-21(14-15-8-5-4-6-9-15)11-7-10-16-12-18(22-2)19(23-3)13-17(16)20/h4-6,8-9,12-13H,7,10-11,14,20H2,1-3H3. The van der Waals surface area contributed by atoms with Crippen LogP contribution in [0.3, 0.4) is 0 Å². The van der Waals surface area contributed by atoms with Gasteiger partial charge >= 0.3 is 0 Å². The number of nitrogen functional groups attached to an aromatic ring is 1. The molecule has 2 N–H and O–H groups in total. The zero-order chi connectivity index (χ0) is 16.7. The van der Waals surface area contributed by atoms with Gasteiger partial charge in [-0.1, -0.05) is 30.3 Å². The zero-order valence-electron chi connectivity index (χ0n) is 14.2. The Morgan fingerprint density at radius 2 is 1.65 bits per heavy atom. The van der Waals surface area contributed by atoms with Crippen LogP contribution in [-0.4, -0.2) is 32.7 Å². The molecule has 0 atom stereocenters. The highest BCUT2D eigenvalue weighted by atomic mass is 16.5. The first kappa shape index (κ1) is 17.2. The van der Waals surface area contributed by atoms with E-state index in [1.54, 1.807) is 14.2 Å². The smallest absolute Gasteiger partial charge is 0.162 e. The maximum Gasteiger partial charge on any atom is 0.162 e. The Balaban J connectivity index is 1.88. The average molecular weight is 314 g/mol. The van der Waals surface area contributed by atoms with Gasteiger partial charge in [-0.2, -0.15) is 0 Å². The van der Waals surface area contributed by atoms with Crippen molar-refractivity contribution in [3.05, 3.63) is 53.6 Å². The van der Waals surface area contributed by atoms with Gasteiger partial charge in [0.05, 0.1) is 14.2 Å². The fraction of sp³-hybridized carbons (Fsp3) is 0.368. The summed E-state index contributed by atoms with van der Waals surface area (Å²) < 4.78 is 10.6. The molecule has 0 amide bonds. The number of hydrogen-bond acceptors (Lipinski definition) is 4. The molecule has 124 valence electrons. The Bertz CT molecular complexity index is 614. The van der Waals surface area contributed by atoms with E-state index in [0.717, 1.165) is 42.9 Å². The van der Waals surface area contributed by atoms with Gasteiger partial charge in [0.25, 0.3) is 0 Å². The monoisotopic (exact) mass is 314 g/mol. The number of anilines is 1. The molecule has 0 heterocycles. The van der Waals surface area contributed by atoms with E-state index in [-0.39, 0.29) is 0 Å². The van der Waals surface area contributed by atoms with Crippen LogP contribution in [0, 0.1) is 0 Å². The van der Waals surface area contributed by atoms with Gasteiger partial charge in [0.2, 0.25) is 0 Å². The summed E-state index contributed by atoms with van der Waals surface area (Å²) in [5, 5.41) is 0. The second-order valence-electron chi connectivity index (χ2n) is 5.73. The van der Waals surface area contributed by atoms with Crippen molar-refractivity contribution in [2.45, 2.75) is 19.4 Å². The molecule has 2 aromatic carbocycles. The van der Waals surface area contributed by atoms with Crippen LogP contribution in [0.15, 0.2) is 42.5 Å². The Labute approximate surface area is 138 Å². The molecule has 0 saturated heterocycles. The predicted molar refractivity (Wildman–Crippen MR) is 95.1 cm³/mol. The second kappa shape index (κ2) is 8.44. The van der Waals surface area contributed by atoms with Crippen molar-refractivity contribution in [2.24, 2.45) is 0 Å². The van der Waals surface area contributed by atoms with Gasteiger partial charge in [-0.15, -0.1) is 0 Å². The van der Waals surface area contributed by atoms with Crippen molar-refractivity contribution < 1.29 is 9.47 Å². The van der Waals surface area contributed by atoms with Crippen molar-refractivity contribution in [2.75, 3.05) is 33.5 Å². The van der Waals surface area contributed by atoms with Crippen molar-refractivity contribution in [3.8, 4) is 11.5 Å². The number of hydrogen-bond donors (Lipinski definition) is 1. The summed E-state index contributed by atoms with van der Waals surface area (Å²) >= 11 is 0. The van der Waals surface area contributed by atoms with E-state index in [4.69, 9.17) is 15.2 Å². The van der Waals surface area contributed by atoms with Gasteiger partial charge in [0, 0.05) is 18.3 Å². The molecule has 0 unspecified atom stereocenters. The minimum atomic E-state index is 0.676. The summed E-state index contributed by atoms with van der Waals surface area (Å²) in [5.41, 5.74) is 9.31. The van der Waals surface area contributed by atoms with Crippen LogP contribution in [0.2, 0.25) is 0 Å². The number of aryl methyl sites for hydroxylation is 1. The van der Waals surface area contributed by atoms with Gasteiger partial charge in [-0.3, -0.25) is 0 Å². The molecule has 0 aliphatic rings. The first-order valence-electron chi connectivity index (χ1n) is 7.87. The lowest BCUT2D eigenvalue weighted by Crippen LogP contribution is -2.19. The van der Waals surface area contributed by atoms with Gasteiger partial charge < -0.3 is 20.1 Å². The summed E-state index contributed by atoms with van der Waals surface area (Å²) in [5.74, 6) is 1.41. The zero-order valence-corrected chi connectivity index (χ0v) is 14.2. The van der Waals surface area contributed by atoms with Crippen LogP contribution in [-0.2, 0) is 13.0 Å². The Morgan fingerprint density at radius 1 is 1.00 bits per heavy atom. The fourth-order valence-corrected chi connectivity index (χ4v) is 2.67. The minimum Gasteiger partial charge on any atom is -0.493 e. The molecule has 4 heteroatoms. The van der Waals surface area contributed by atoms with Crippen LogP contribution in [0.5, 0.6) is 11.5 Å². The van der Waals surface area contributed by atoms with E-state index in [1.807, 2.05) is 18.2 Å². The molecule has 23 heavy (non-hydrogen) atoms. The normalized spacial score (nSPS) is 10.8. The fourth-order valence-electron chi connectivity index (χ4n) is 2.67. The molecule has 0 aliphatic heterocycles. The lowest BCUT2D eigenvalue weighted by atomic mass is 10.1. The van der Waals surface area contributed by atoms with Gasteiger partial charge in [0.15, 0.2) is 11.5 Å². The number of ether oxygens (including phenoxy) is 2. The molecule has 0 radical (unpaired) electrons. The molecular formula is C19H26N2O2. The first-order chi connectivity index (χ1) is 11.1. The summed E-state index contributed by atoms with van der Waals surface area (Å²) in [4.78, 5) is 2.33. The van der Waals surface area contributed by atoms with E-state index in [2.05, 4.69) is 36.2 Å². The summed E-state index contributed by atoms with van der Waals surface area (Å²) in [7, 11) is 5.41. The van der Waals surface area contributed by atoms with E-state index in [1.165, 1.54) is 5.56 Å². The third-order valence-corrected chi connectivity index (χ3v) is 3.93. The van der Waals surface area contributed by atoms with Gasteiger partial charge in [0.1, 0.15) is 0 Å². The number of nitrogens with two attached hydrogens (primary N) is 1. The third-order valence-electron chi connectivity index (χ3n) is 3.93. The Hall–Kier alpha value is -2.20. The van der Waals surface area contributed by atoms with Crippen LogP contribution < -0.4 is 15.2 Å². The molecule has 4 nitrogen and oxygen atoms in total. The van der Waals surface area contributed by atoms with Crippen LogP contribution >= 0.6 is 0 Å². The number of nitrogens with zero attached hydrogens (tertiary/aromatic N) is 1. The van der Waals surface area contributed by atoms with Crippen LogP contribution in [0.25, 0.3) is 0 Å². The highest BCUT2D eigenvalue weighted by Gasteiger charge is 2.09. The topological polar surface area (TPSA) is 47.7 Å². The SMILES string of the molecule is COc1cc(N)c(CCCN(C)Cc2ccccc2)cc1OC. The minimum absolute atomic E-state index is 0.676. The Morgan fingerprint density at radius 3 is 2.30 bits per heavy atom. The van der Waals surface area contributed by atoms with Crippen LogP contribution in [0.1, 0.15) is 17.5 Å². The van der Waals surface area contributed by atoms with Gasteiger partial charge in [-0.05, 0) is 43.6 Å². The quantitative estimate of drug-likeness (QED) is 0.759. The van der Waals surface area contributed by atoms with E-state index in [9.17, 15) is 0 Å². The average Bonchev–Trinajstić information content (AvgIpc) is 2.56. The number of rotatable bonds is 8. The van der Waals surface area contributed by atoms with Crippen molar-refractivity contribution in [1.29, 1.82) is 0 Å². The second-order valence-corrected chi connectivity index (χ2v) is 5.73. The molecule has 0 fully saturated rings. The van der Waals surface area contributed by atoms with E-state index >= 15 is 0 Å². The molecule has 0 saturated carbocycles. The van der Waals surface area contributed by atoms with E-state index < -0.39 is 0 Å². The predicted octanol–water partition coefficient (Wildman–Crippen LogP) is 3.35. The molecule has 0 bridgehead atoms. The lowest BCUT2D eigenvalue weighted by Gasteiger charge is -2.17. The number of benzene rings is 2. The summed E-state index contributed by atoms with van der Waals surface area (Å²) in [6.07, 6.45) is 1.97. The summed E-state index contributed by atoms with van der Waals surface area (Å²) in [6, 6.07) is 14.3. The van der Waals surface area contributed by atoms with Crippen LogP contribution in [0.4, 0.5) is 5.69 Å². The van der Waals surface area contributed by atoms with E-state index in [0.29, 0.717) is 5.75 Å². The molecule has 2 aromatic rings. The lowest BCUT2D eigenvalue weighted by molar-refractivity contribution is 0.322. The third kappa shape index (κ3) is 4.89. The molecule has 0 aromatic heterocycles. The maximum atomic E-state index is 6.11. The van der Waals surface area contributed by atoms with Gasteiger partial charge in [-0.25, -0.2) is 0 Å². The molecular weight excluding hydrogens is 288 g/mol. The van der Waals surface area contributed by atoms with Crippen molar-refractivity contribution in [1.82, 2.24) is 4.90 Å².